The predicted octanol–water partition coefficient (Wildman–Crippen LogP) is 13.3. The van der Waals surface area contributed by atoms with Gasteiger partial charge in [0.25, 0.3) is 0 Å². The Balaban J connectivity index is 1.07. The average Bonchev–Trinajstić information content (AvgIpc) is 3.90. The van der Waals surface area contributed by atoms with Gasteiger partial charge in [0, 0.05) is 60.4 Å². The Morgan fingerprint density at radius 1 is 0.464 bits per heavy atom. The summed E-state index contributed by atoms with van der Waals surface area (Å²) in [5, 5.41) is 11.5. The molecule has 56 heavy (non-hydrogen) atoms. The van der Waals surface area contributed by atoms with E-state index in [1.807, 2.05) is 12.1 Å². The largest absolute Gasteiger partial charge is 0.313 e. The van der Waals surface area contributed by atoms with Gasteiger partial charge in [0.2, 0.25) is 0 Å². The lowest BCUT2D eigenvalue weighted by molar-refractivity contribution is 0.889. The fourth-order valence-corrected chi connectivity index (χ4v) is 9.81. The zero-order valence-corrected chi connectivity index (χ0v) is 30.4. The Morgan fingerprint density at radius 2 is 1.14 bits per heavy atom. The molecule has 0 spiro atoms. The summed E-state index contributed by atoms with van der Waals surface area (Å²) in [4.78, 5) is 10.5. The molecule has 0 saturated heterocycles. The molecule has 0 fully saturated rings. The number of nitrogens with zero attached hydrogens (tertiary/aromatic N) is 4. The first-order valence-corrected chi connectivity index (χ1v) is 19.5. The molecular weight excluding hydrogens is 681 g/mol. The van der Waals surface area contributed by atoms with Gasteiger partial charge in [0.05, 0.1) is 44.5 Å². The molecule has 0 aliphatic heterocycles. The predicted molar refractivity (Wildman–Crippen MR) is 234 cm³/mol. The molecular formula is C52H32N4. The molecule has 8 aromatic carbocycles. The van der Waals surface area contributed by atoms with Gasteiger partial charge in [-0.15, -0.1) is 0 Å². The fourth-order valence-electron chi connectivity index (χ4n) is 9.81. The molecule has 4 aromatic heterocycles. The van der Waals surface area contributed by atoms with E-state index in [1.54, 1.807) is 0 Å². The Kier molecular flexibility index (Phi) is 5.97. The minimum absolute atomic E-state index is 0.888. The first-order valence-electron chi connectivity index (χ1n) is 19.5. The highest BCUT2D eigenvalue weighted by Crippen LogP contribution is 2.48. The van der Waals surface area contributed by atoms with Crippen LogP contribution in [0.1, 0.15) is 17.7 Å². The Labute approximate surface area is 321 Å². The molecule has 0 radical (unpaired) electrons. The maximum atomic E-state index is 5.26. The third-order valence-electron chi connectivity index (χ3n) is 12.2. The lowest BCUT2D eigenvalue weighted by Crippen LogP contribution is -2.03. The molecule has 0 saturated carbocycles. The Morgan fingerprint density at radius 3 is 1.98 bits per heavy atom. The van der Waals surface area contributed by atoms with Crippen LogP contribution in [0.5, 0.6) is 0 Å². The van der Waals surface area contributed by atoms with Gasteiger partial charge in [0.1, 0.15) is 0 Å². The summed E-state index contributed by atoms with van der Waals surface area (Å²) in [5.74, 6) is 0. The number of para-hydroxylation sites is 3. The van der Waals surface area contributed by atoms with Gasteiger partial charge < -0.3 is 8.97 Å². The molecule has 12 aromatic rings. The molecule has 0 amide bonds. The molecule has 0 bridgehead atoms. The van der Waals surface area contributed by atoms with E-state index in [2.05, 4.69) is 167 Å². The molecule has 1 aliphatic rings. The summed E-state index contributed by atoms with van der Waals surface area (Å²) in [6.07, 6.45) is 6.74. The van der Waals surface area contributed by atoms with E-state index in [9.17, 15) is 0 Å². The summed E-state index contributed by atoms with van der Waals surface area (Å²) in [7, 11) is 0. The van der Waals surface area contributed by atoms with E-state index in [1.165, 1.54) is 81.8 Å². The molecule has 4 nitrogen and oxygen atoms in total. The summed E-state index contributed by atoms with van der Waals surface area (Å²) in [6, 6.07) is 57.2. The number of hydrogen-bond acceptors (Lipinski definition) is 2. The van der Waals surface area contributed by atoms with Gasteiger partial charge in [0.15, 0.2) is 0 Å². The van der Waals surface area contributed by atoms with Gasteiger partial charge in [-0.05, 0) is 71.5 Å². The SMILES string of the molecule is C1=Cc2c(n(-c3ccc(-c4nc5ccccc5nc4-c4ccc5ccccc5c4)cc3)c3cc4c5ccccc5n5c6c7ccccc7ccc6c(c23)c45)CC1. The monoisotopic (exact) mass is 712 g/mol. The molecule has 1 aliphatic carbocycles. The molecule has 4 heterocycles. The second kappa shape index (κ2) is 11.1. The number of allylic oxidation sites excluding steroid dienone is 1. The van der Waals surface area contributed by atoms with Crippen molar-refractivity contribution in [3.05, 3.63) is 175 Å². The van der Waals surface area contributed by atoms with Crippen molar-refractivity contribution < 1.29 is 0 Å². The van der Waals surface area contributed by atoms with Gasteiger partial charge >= 0.3 is 0 Å². The molecule has 260 valence electrons. The van der Waals surface area contributed by atoms with Crippen molar-refractivity contribution in [2.24, 2.45) is 0 Å². The molecule has 0 atom stereocenters. The number of fused-ring (bicyclic) bond motifs is 14. The van der Waals surface area contributed by atoms with Crippen molar-refractivity contribution in [3.8, 4) is 28.2 Å². The summed E-state index contributed by atoms with van der Waals surface area (Å²) >= 11 is 0. The van der Waals surface area contributed by atoms with Crippen LogP contribution in [0.3, 0.4) is 0 Å². The van der Waals surface area contributed by atoms with Crippen molar-refractivity contribution in [1.29, 1.82) is 0 Å². The molecule has 0 unspecified atom stereocenters. The Hall–Kier alpha value is -7.30. The lowest BCUT2D eigenvalue weighted by Gasteiger charge is -2.15. The fraction of sp³-hybridized carbons (Fsp3) is 0.0385. The normalized spacial score (nSPS) is 13.1. The quantitative estimate of drug-likeness (QED) is 0.183. The number of rotatable bonds is 3. The second-order valence-electron chi connectivity index (χ2n) is 15.2. The topological polar surface area (TPSA) is 35.1 Å². The second-order valence-corrected chi connectivity index (χ2v) is 15.2. The van der Waals surface area contributed by atoms with Crippen LogP contribution in [-0.4, -0.2) is 18.9 Å². The summed E-state index contributed by atoms with van der Waals surface area (Å²) in [5.41, 5.74) is 14.7. The van der Waals surface area contributed by atoms with Crippen molar-refractivity contribution in [2.45, 2.75) is 12.8 Å². The van der Waals surface area contributed by atoms with Gasteiger partial charge in [-0.1, -0.05) is 127 Å². The van der Waals surface area contributed by atoms with Crippen molar-refractivity contribution >= 4 is 87.7 Å². The summed E-state index contributed by atoms with van der Waals surface area (Å²) < 4.78 is 5.08. The van der Waals surface area contributed by atoms with Crippen LogP contribution >= 0.6 is 0 Å². The first-order chi connectivity index (χ1) is 27.8. The maximum absolute atomic E-state index is 5.26. The smallest absolute Gasteiger partial charge is 0.0973 e. The average molecular weight is 713 g/mol. The maximum Gasteiger partial charge on any atom is 0.0973 e. The van der Waals surface area contributed by atoms with E-state index in [0.717, 1.165) is 52.1 Å². The number of hydrogen-bond donors (Lipinski definition) is 0. The van der Waals surface area contributed by atoms with E-state index >= 15 is 0 Å². The Bertz CT molecular complexity index is 3640. The van der Waals surface area contributed by atoms with E-state index in [-0.39, 0.29) is 0 Å². The third-order valence-corrected chi connectivity index (χ3v) is 12.2. The van der Waals surface area contributed by atoms with Crippen LogP contribution in [0.4, 0.5) is 0 Å². The minimum atomic E-state index is 0.888. The molecule has 4 heteroatoms. The van der Waals surface area contributed by atoms with E-state index < -0.39 is 0 Å². The van der Waals surface area contributed by atoms with Crippen LogP contribution in [-0.2, 0) is 6.42 Å². The summed E-state index contributed by atoms with van der Waals surface area (Å²) in [6.45, 7) is 0. The van der Waals surface area contributed by atoms with Gasteiger partial charge in [-0.2, -0.15) is 0 Å². The number of aromatic nitrogens is 4. The molecule has 0 N–H and O–H groups in total. The number of benzene rings is 8. The van der Waals surface area contributed by atoms with Crippen molar-refractivity contribution in [3.63, 3.8) is 0 Å². The van der Waals surface area contributed by atoms with Crippen LogP contribution < -0.4 is 0 Å². The van der Waals surface area contributed by atoms with Crippen LogP contribution in [0.15, 0.2) is 164 Å². The van der Waals surface area contributed by atoms with Crippen LogP contribution in [0.2, 0.25) is 0 Å². The standard InChI is InChI=1S/C52H32N4/c1-2-13-34-29-35(22-21-31(34)11-1)50-49(53-42-17-7-8-18-43(42)54-50)33-23-26-36(27-24-33)55-45-20-10-6-16-39(45)47-46(55)30-41-38-15-5-9-19-44(38)56-51-37-14-4-3-12-32(37)25-28-40(51)48(47)52(41)56/h1-9,11-19,21-30H,10,20H2. The highest BCUT2D eigenvalue weighted by molar-refractivity contribution is 6.34. The van der Waals surface area contributed by atoms with Crippen LogP contribution in [0, 0.1) is 0 Å². The minimum Gasteiger partial charge on any atom is -0.313 e. The van der Waals surface area contributed by atoms with E-state index in [4.69, 9.17) is 9.97 Å². The lowest BCUT2D eigenvalue weighted by atomic mass is 9.97. The van der Waals surface area contributed by atoms with Gasteiger partial charge in [-0.25, -0.2) is 9.97 Å². The first kappa shape index (κ1) is 30.1. The van der Waals surface area contributed by atoms with E-state index in [0.29, 0.717) is 0 Å². The van der Waals surface area contributed by atoms with Crippen molar-refractivity contribution in [1.82, 2.24) is 18.9 Å². The highest BCUT2D eigenvalue weighted by atomic mass is 15.0. The molecule has 13 rings (SSSR count). The van der Waals surface area contributed by atoms with Gasteiger partial charge in [-0.3, -0.25) is 0 Å². The zero-order chi connectivity index (χ0) is 36.5. The van der Waals surface area contributed by atoms with Crippen molar-refractivity contribution in [2.75, 3.05) is 0 Å². The van der Waals surface area contributed by atoms with Crippen LogP contribution in [0.25, 0.3) is 116 Å². The third kappa shape index (κ3) is 4.02. The highest BCUT2D eigenvalue weighted by Gasteiger charge is 2.27. The zero-order valence-electron chi connectivity index (χ0n) is 30.4.